The SMILES string of the molecule is CC[O][Sn](=[O])[CH2]C(F)(F)C(F)(F)C(F)(F)F. The maximum absolute atomic E-state index is 12.6. The fraction of sp³-hybridized carbons (Fsp3) is 1.00. The molecule has 0 amide bonds. The summed E-state index contributed by atoms with van der Waals surface area (Å²) in [6, 6.07) is 0. The molecule has 96 valence electrons. The first kappa shape index (κ1) is 16.1. The van der Waals surface area contributed by atoms with Gasteiger partial charge in [0.1, 0.15) is 0 Å². The number of rotatable bonds is 5. The molecule has 0 saturated carbocycles. The molecule has 0 aliphatic heterocycles. The standard InChI is InChI=1S/C4H2F7.C2H5O.O.Sn/c1-2(5,6)3(7,8)4(9,10)11;1-2-3;;/h1H2;2H2,1H3;;/q;-1;;+1. The summed E-state index contributed by atoms with van der Waals surface area (Å²) in [7, 11) is 0. The van der Waals surface area contributed by atoms with Crippen molar-refractivity contribution in [1.29, 1.82) is 0 Å². The van der Waals surface area contributed by atoms with Gasteiger partial charge < -0.3 is 0 Å². The first-order chi connectivity index (χ1) is 6.95. The van der Waals surface area contributed by atoms with E-state index >= 15 is 0 Å². The Balaban J connectivity index is 4.84. The number of hydrogen-bond donors (Lipinski definition) is 0. The Kier molecular flexibility index (Phi) is 5.17. The third kappa shape index (κ3) is 3.54. The second kappa shape index (κ2) is 5.15. The Morgan fingerprint density at radius 3 is 1.81 bits per heavy atom. The summed E-state index contributed by atoms with van der Waals surface area (Å²) >= 11 is -4.54. The second-order valence-electron chi connectivity index (χ2n) is 2.76. The molecule has 0 fully saturated rings. The molecule has 0 aromatic carbocycles. The molecule has 0 aliphatic rings. The van der Waals surface area contributed by atoms with E-state index in [-0.39, 0.29) is 6.61 Å². The van der Waals surface area contributed by atoms with Gasteiger partial charge in [-0.3, -0.25) is 0 Å². The maximum atomic E-state index is 12.6. The van der Waals surface area contributed by atoms with E-state index in [0.29, 0.717) is 0 Å². The van der Waals surface area contributed by atoms with Crippen molar-refractivity contribution in [2.24, 2.45) is 0 Å². The molecule has 0 aromatic rings. The average molecular weight is 363 g/mol. The Morgan fingerprint density at radius 2 is 1.50 bits per heavy atom. The third-order valence-corrected chi connectivity index (χ3v) is 5.32. The Morgan fingerprint density at radius 1 is 1.06 bits per heavy atom. The molecule has 0 saturated heterocycles. The molecule has 0 spiro atoms. The van der Waals surface area contributed by atoms with Gasteiger partial charge in [-0.2, -0.15) is 0 Å². The van der Waals surface area contributed by atoms with Crippen molar-refractivity contribution in [3.8, 4) is 0 Å². The van der Waals surface area contributed by atoms with Crippen molar-refractivity contribution in [2.75, 3.05) is 6.61 Å². The van der Waals surface area contributed by atoms with Gasteiger partial charge in [-0.1, -0.05) is 0 Å². The number of hydrogen-bond acceptors (Lipinski definition) is 2. The first-order valence-electron chi connectivity index (χ1n) is 3.93. The fourth-order valence-electron chi connectivity index (χ4n) is 0.712. The van der Waals surface area contributed by atoms with Gasteiger partial charge >= 0.3 is 93.0 Å². The van der Waals surface area contributed by atoms with E-state index in [0.717, 1.165) is 0 Å². The van der Waals surface area contributed by atoms with Gasteiger partial charge in [-0.15, -0.1) is 0 Å². The van der Waals surface area contributed by atoms with Crippen LogP contribution in [0.1, 0.15) is 6.92 Å². The van der Waals surface area contributed by atoms with Gasteiger partial charge in [0.05, 0.1) is 0 Å². The summed E-state index contributed by atoms with van der Waals surface area (Å²) in [6.07, 6.45) is -6.38. The van der Waals surface area contributed by atoms with Crippen molar-refractivity contribution in [3.05, 3.63) is 0 Å². The molecule has 0 aliphatic carbocycles. The topological polar surface area (TPSA) is 26.3 Å². The second-order valence-corrected chi connectivity index (χ2v) is 6.71. The zero-order chi connectivity index (χ0) is 13.2. The predicted octanol–water partition coefficient (Wildman–Crippen LogP) is 2.77. The van der Waals surface area contributed by atoms with Gasteiger partial charge in [0.25, 0.3) is 0 Å². The molecule has 10 heteroatoms. The van der Waals surface area contributed by atoms with Crippen molar-refractivity contribution < 1.29 is 36.9 Å². The van der Waals surface area contributed by atoms with Gasteiger partial charge in [0.15, 0.2) is 0 Å². The van der Waals surface area contributed by atoms with Crippen LogP contribution in [0.5, 0.6) is 0 Å². The van der Waals surface area contributed by atoms with Crippen LogP contribution in [0.15, 0.2) is 0 Å². The van der Waals surface area contributed by atoms with E-state index < -0.39 is 42.6 Å². The van der Waals surface area contributed by atoms with E-state index in [1.165, 1.54) is 6.92 Å². The Labute approximate surface area is 93.4 Å². The van der Waals surface area contributed by atoms with E-state index in [4.69, 9.17) is 0 Å². The molecule has 0 radical (unpaired) electrons. The van der Waals surface area contributed by atoms with Crippen molar-refractivity contribution in [2.45, 2.75) is 29.4 Å². The minimum atomic E-state index is -6.38. The fourth-order valence-corrected chi connectivity index (χ4v) is 3.59. The zero-order valence-electron chi connectivity index (χ0n) is 7.88. The van der Waals surface area contributed by atoms with Gasteiger partial charge in [-0.25, -0.2) is 0 Å². The summed E-state index contributed by atoms with van der Waals surface area (Å²) in [6.45, 7) is 0.991. The average Bonchev–Trinajstić information content (AvgIpc) is 2.00. The molecule has 0 N–H and O–H groups in total. The summed E-state index contributed by atoms with van der Waals surface area (Å²) in [4.78, 5) is 0. The summed E-state index contributed by atoms with van der Waals surface area (Å²) in [5, 5.41) is 0. The monoisotopic (exact) mass is 364 g/mol. The van der Waals surface area contributed by atoms with Crippen molar-refractivity contribution in [3.63, 3.8) is 0 Å². The molecule has 0 rings (SSSR count). The van der Waals surface area contributed by atoms with Crippen molar-refractivity contribution in [1.82, 2.24) is 0 Å². The molecule has 0 bridgehead atoms. The molecule has 0 aromatic heterocycles. The molecule has 16 heavy (non-hydrogen) atoms. The quantitative estimate of drug-likeness (QED) is 0.555. The van der Waals surface area contributed by atoms with Gasteiger partial charge in [0.2, 0.25) is 0 Å². The van der Waals surface area contributed by atoms with Crippen LogP contribution in [-0.2, 0) is 6.15 Å². The summed E-state index contributed by atoms with van der Waals surface area (Å²) < 4.78 is 97.3. The van der Waals surface area contributed by atoms with E-state index in [2.05, 4.69) is 3.07 Å². The van der Waals surface area contributed by atoms with E-state index in [1.54, 1.807) is 0 Å². The molecule has 2 nitrogen and oxygen atoms in total. The third-order valence-electron chi connectivity index (χ3n) is 1.49. The molecule has 0 heterocycles. The Hall–Kier alpha value is 0.0687. The number of halogens is 7. The van der Waals surface area contributed by atoms with Gasteiger partial charge in [0, 0.05) is 0 Å². The van der Waals surface area contributed by atoms with Crippen LogP contribution in [0.3, 0.4) is 0 Å². The molecule has 0 atom stereocenters. The molecular formula is C6H7F7O2Sn. The number of alkyl halides is 7. The van der Waals surface area contributed by atoms with E-state index in [9.17, 15) is 33.8 Å². The first-order valence-corrected chi connectivity index (χ1v) is 8.28. The van der Waals surface area contributed by atoms with Crippen LogP contribution in [0.25, 0.3) is 0 Å². The summed E-state index contributed by atoms with van der Waals surface area (Å²) in [5.74, 6) is -11.6. The normalized spacial score (nSPS) is 14.0. The van der Waals surface area contributed by atoms with Crippen LogP contribution >= 0.6 is 0 Å². The minimum absolute atomic E-state index is 0.272. The van der Waals surface area contributed by atoms with Crippen LogP contribution in [0.4, 0.5) is 30.7 Å². The molecular weight excluding hydrogens is 356 g/mol. The Bertz CT molecular complexity index is 262. The van der Waals surface area contributed by atoms with Crippen LogP contribution in [0, 0.1) is 0 Å². The molecule has 0 unspecified atom stereocenters. The van der Waals surface area contributed by atoms with Crippen LogP contribution in [0.2, 0.25) is 4.44 Å². The predicted molar refractivity (Wildman–Crippen MR) is 38.8 cm³/mol. The van der Waals surface area contributed by atoms with Gasteiger partial charge in [-0.05, 0) is 0 Å². The zero-order valence-corrected chi connectivity index (χ0v) is 10.7. The van der Waals surface area contributed by atoms with Crippen LogP contribution < -0.4 is 0 Å². The van der Waals surface area contributed by atoms with Crippen LogP contribution in [-0.4, -0.2) is 44.8 Å². The summed E-state index contributed by atoms with van der Waals surface area (Å²) in [5.41, 5.74) is 0. The van der Waals surface area contributed by atoms with Crippen molar-refractivity contribution >= 4 is 20.2 Å². The van der Waals surface area contributed by atoms with E-state index in [1.807, 2.05) is 0 Å².